The molecule has 1 fully saturated rings. The second-order valence-corrected chi connectivity index (χ2v) is 4.46. The van der Waals surface area contributed by atoms with Crippen molar-refractivity contribution in [2.24, 2.45) is 0 Å². The summed E-state index contributed by atoms with van der Waals surface area (Å²) in [6.45, 7) is 0.821. The van der Waals surface area contributed by atoms with Crippen LogP contribution in [0.4, 0.5) is 5.69 Å². The topological polar surface area (TPSA) is 35.5 Å². The summed E-state index contributed by atoms with van der Waals surface area (Å²) < 4.78 is 0. The van der Waals surface area contributed by atoms with Gasteiger partial charge in [0.2, 0.25) is 0 Å². The van der Waals surface area contributed by atoms with Crippen molar-refractivity contribution in [1.82, 2.24) is 5.43 Å². The number of rotatable bonds is 2. The highest BCUT2D eigenvalue weighted by molar-refractivity contribution is 5.66. The molecule has 18 heavy (non-hydrogen) atoms. The lowest BCUT2D eigenvalue weighted by atomic mass is 10.1. The Hall–Kier alpha value is -1.84. The molecule has 1 aliphatic heterocycles. The molecule has 1 unspecified atom stereocenters. The quantitative estimate of drug-likeness (QED) is 0.846. The first kappa shape index (κ1) is 11.3. The second kappa shape index (κ2) is 4.80. The molecule has 0 spiro atoms. The van der Waals surface area contributed by atoms with E-state index < -0.39 is 6.23 Å². The van der Waals surface area contributed by atoms with E-state index in [4.69, 9.17) is 0 Å². The minimum absolute atomic E-state index is 0.424. The van der Waals surface area contributed by atoms with E-state index in [0.29, 0.717) is 0 Å². The van der Waals surface area contributed by atoms with Crippen LogP contribution in [0.3, 0.4) is 0 Å². The molecule has 3 rings (SSSR count). The van der Waals surface area contributed by atoms with Gasteiger partial charge in [-0.25, -0.2) is 5.43 Å². The van der Waals surface area contributed by atoms with Crippen LogP contribution >= 0.6 is 0 Å². The van der Waals surface area contributed by atoms with Crippen LogP contribution in [-0.4, -0.2) is 17.9 Å². The fourth-order valence-electron chi connectivity index (χ4n) is 2.26. The molecule has 92 valence electrons. The molecule has 0 aliphatic carbocycles. The summed E-state index contributed by atoms with van der Waals surface area (Å²) in [6, 6.07) is 18.5. The Balaban J connectivity index is 1.85. The summed E-state index contributed by atoms with van der Waals surface area (Å²) in [5, 5.41) is 11.6. The van der Waals surface area contributed by atoms with Crippen LogP contribution in [-0.2, 0) is 0 Å². The summed E-state index contributed by atoms with van der Waals surface area (Å²) in [7, 11) is 0. The normalized spacial score (nSPS) is 19.2. The molecule has 1 saturated heterocycles. The predicted octanol–water partition coefficient (Wildman–Crippen LogP) is 2.39. The Labute approximate surface area is 107 Å². The van der Waals surface area contributed by atoms with Gasteiger partial charge in [0.15, 0.2) is 0 Å². The molecule has 2 N–H and O–H groups in total. The van der Waals surface area contributed by atoms with Gasteiger partial charge in [-0.3, -0.25) is 5.01 Å². The van der Waals surface area contributed by atoms with E-state index in [1.165, 1.54) is 11.1 Å². The van der Waals surface area contributed by atoms with Crippen molar-refractivity contribution in [2.75, 3.05) is 11.6 Å². The van der Waals surface area contributed by atoms with E-state index in [0.717, 1.165) is 18.7 Å². The van der Waals surface area contributed by atoms with Gasteiger partial charge >= 0.3 is 0 Å². The smallest absolute Gasteiger partial charge is 0.142 e. The molecule has 2 aromatic carbocycles. The van der Waals surface area contributed by atoms with E-state index in [1.807, 2.05) is 35.3 Å². The number of nitrogens with one attached hydrogen (secondary N) is 1. The number of nitrogens with zero attached hydrogens (tertiary/aromatic N) is 1. The van der Waals surface area contributed by atoms with E-state index in [1.54, 1.807) is 0 Å². The molecule has 0 saturated carbocycles. The Bertz CT molecular complexity index is 510. The maximum atomic E-state index is 9.79. The van der Waals surface area contributed by atoms with Crippen LogP contribution in [0.15, 0.2) is 54.6 Å². The fourth-order valence-corrected chi connectivity index (χ4v) is 2.26. The number of aliphatic hydroxyl groups is 1. The zero-order chi connectivity index (χ0) is 12.4. The van der Waals surface area contributed by atoms with Crippen LogP contribution in [0.2, 0.25) is 0 Å². The molecular formula is C15H16N2O. The van der Waals surface area contributed by atoms with Gasteiger partial charge in [-0.15, -0.1) is 0 Å². The first-order valence-electron chi connectivity index (χ1n) is 6.21. The van der Waals surface area contributed by atoms with Gasteiger partial charge in [-0.1, -0.05) is 42.5 Å². The van der Waals surface area contributed by atoms with Gasteiger partial charge in [0.1, 0.15) is 6.23 Å². The lowest BCUT2D eigenvalue weighted by Gasteiger charge is -2.22. The molecule has 2 aromatic rings. The minimum Gasteiger partial charge on any atom is -0.372 e. The fraction of sp³-hybridized carbons (Fsp3) is 0.200. The first-order valence-corrected chi connectivity index (χ1v) is 6.21. The van der Waals surface area contributed by atoms with Gasteiger partial charge in [0.05, 0.1) is 5.69 Å². The highest BCUT2D eigenvalue weighted by Crippen LogP contribution is 2.24. The van der Waals surface area contributed by atoms with Gasteiger partial charge < -0.3 is 5.11 Å². The summed E-state index contributed by atoms with van der Waals surface area (Å²) in [5.41, 5.74) is 6.56. The van der Waals surface area contributed by atoms with Crippen molar-refractivity contribution in [3.05, 3.63) is 54.6 Å². The lowest BCUT2D eigenvalue weighted by molar-refractivity contribution is 0.183. The standard InChI is InChI=1S/C15H16N2O/c18-15-10-11-16-17(15)14-8-6-13(7-9-14)12-4-2-1-3-5-12/h1-9,15-16,18H,10-11H2. The van der Waals surface area contributed by atoms with E-state index in [9.17, 15) is 5.11 Å². The van der Waals surface area contributed by atoms with Crippen LogP contribution in [0.1, 0.15) is 6.42 Å². The number of benzene rings is 2. The van der Waals surface area contributed by atoms with Crippen molar-refractivity contribution in [1.29, 1.82) is 0 Å². The number of aliphatic hydroxyl groups excluding tert-OH is 1. The summed E-state index contributed by atoms with van der Waals surface area (Å²) in [6.07, 6.45) is 0.341. The number of anilines is 1. The van der Waals surface area contributed by atoms with Gasteiger partial charge in [0, 0.05) is 13.0 Å². The van der Waals surface area contributed by atoms with Gasteiger partial charge in [0.25, 0.3) is 0 Å². The maximum Gasteiger partial charge on any atom is 0.142 e. The zero-order valence-corrected chi connectivity index (χ0v) is 10.1. The summed E-state index contributed by atoms with van der Waals surface area (Å²) >= 11 is 0. The van der Waals surface area contributed by atoms with Crippen molar-refractivity contribution < 1.29 is 5.11 Å². The van der Waals surface area contributed by atoms with E-state index in [-0.39, 0.29) is 0 Å². The molecule has 0 aromatic heterocycles. The largest absolute Gasteiger partial charge is 0.372 e. The Morgan fingerprint density at radius 1 is 0.944 bits per heavy atom. The summed E-state index contributed by atoms with van der Waals surface area (Å²) in [5.74, 6) is 0. The molecule has 3 nitrogen and oxygen atoms in total. The minimum atomic E-state index is -0.424. The van der Waals surface area contributed by atoms with E-state index in [2.05, 4.69) is 29.7 Å². The third-order valence-electron chi connectivity index (χ3n) is 3.24. The Morgan fingerprint density at radius 3 is 2.22 bits per heavy atom. The predicted molar refractivity (Wildman–Crippen MR) is 73.0 cm³/mol. The van der Waals surface area contributed by atoms with Crippen molar-refractivity contribution in [2.45, 2.75) is 12.6 Å². The number of hydrogen-bond acceptors (Lipinski definition) is 3. The molecule has 0 bridgehead atoms. The van der Waals surface area contributed by atoms with Crippen LogP contribution < -0.4 is 10.4 Å². The molecule has 1 aliphatic rings. The zero-order valence-electron chi connectivity index (χ0n) is 10.1. The highest BCUT2D eigenvalue weighted by Gasteiger charge is 2.21. The number of hydrazine groups is 1. The van der Waals surface area contributed by atoms with Gasteiger partial charge in [-0.2, -0.15) is 0 Å². The third kappa shape index (κ3) is 2.10. The molecule has 0 radical (unpaired) electrons. The highest BCUT2D eigenvalue weighted by atomic mass is 16.3. The van der Waals surface area contributed by atoms with Crippen LogP contribution in [0.5, 0.6) is 0 Å². The monoisotopic (exact) mass is 240 g/mol. The van der Waals surface area contributed by atoms with Crippen LogP contribution in [0.25, 0.3) is 11.1 Å². The summed E-state index contributed by atoms with van der Waals surface area (Å²) in [4.78, 5) is 0. The van der Waals surface area contributed by atoms with Crippen LogP contribution in [0, 0.1) is 0 Å². The van der Waals surface area contributed by atoms with Crippen molar-refractivity contribution >= 4 is 5.69 Å². The molecule has 3 heteroatoms. The number of hydrogen-bond donors (Lipinski definition) is 2. The average Bonchev–Trinajstić information content (AvgIpc) is 2.86. The van der Waals surface area contributed by atoms with Crippen molar-refractivity contribution in [3.8, 4) is 11.1 Å². The van der Waals surface area contributed by atoms with Crippen molar-refractivity contribution in [3.63, 3.8) is 0 Å². The second-order valence-electron chi connectivity index (χ2n) is 4.46. The van der Waals surface area contributed by atoms with Gasteiger partial charge in [-0.05, 0) is 23.3 Å². The van der Waals surface area contributed by atoms with E-state index >= 15 is 0 Å². The first-order chi connectivity index (χ1) is 8.84. The molecule has 1 atom stereocenters. The SMILES string of the molecule is OC1CCNN1c1ccc(-c2ccccc2)cc1. The lowest BCUT2D eigenvalue weighted by Crippen LogP contribution is -2.36. The molecule has 1 heterocycles. The maximum absolute atomic E-state index is 9.79. The average molecular weight is 240 g/mol. The Kier molecular flexibility index (Phi) is 3.00. The Morgan fingerprint density at radius 2 is 1.61 bits per heavy atom. The third-order valence-corrected chi connectivity index (χ3v) is 3.24. The molecule has 0 amide bonds. The molecular weight excluding hydrogens is 224 g/mol.